The molecule has 2 heteroatoms. The van der Waals surface area contributed by atoms with Gasteiger partial charge in [-0.2, -0.15) is 4.58 Å². The van der Waals surface area contributed by atoms with Gasteiger partial charge >= 0.3 is 0 Å². The lowest BCUT2D eigenvalue weighted by molar-refractivity contribution is -0.401. The molecule has 3 aromatic carbocycles. The Morgan fingerprint density at radius 2 is 1.67 bits per heavy atom. The van der Waals surface area contributed by atoms with Crippen molar-refractivity contribution in [3.05, 3.63) is 95.5 Å². The van der Waals surface area contributed by atoms with Crippen LogP contribution in [0.2, 0.25) is 0 Å². The first kappa shape index (κ1) is 17.8. The van der Waals surface area contributed by atoms with Crippen LogP contribution < -0.4 is 0 Å². The Morgan fingerprint density at radius 1 is 0.926 bits per heavy atom. The molecule has 4 rings (SSSR count). The Balaban J connectivity index is 1.91. The minimum atomic E-state index is -0.137. The molecular weight excluding hydrogens is 350 g/mol. The summed E-state index contributed by atoms with van der Waals surface area (Å²) in [6.07, 6.45) is 7.37. The smallest absolute Gasteiger partial charge is 0.198 e. The number of rotatable bonds is 4. The average Bonchev–Trinajstić information content (AvgIpc) is 2.93. The Kier molecular flexibility index (Phi) is 4.72. The van der Waals surface area contributed by atoms with Crippen LogP contribution in [0, 0.1) is 0 Å². The molecule has 1 aliphatic rings. The second-order valence-electron chi connectivity index (χ2n) is 7.27. The lowest BCUT2D eigenvalue weighted by Crippen LogP contribution is -2.30. The van der Waals surface area contributed by atoms with E-state index in [1.807, 2.05) is 6.07 Å². The van der Waals surface area contributed by atoms with E-state index in [9.17, 15) is 0 Å². The topological polar surface area (TPSA) is 3.01 Å². The van der Waals surface area contributed by atoms with Crippen molar-refractivity contribution in [2.24, 2.45) is 0 Å². The molecule has 0 bridgehead atoms. The highest BCUT2D eigenvalue weighted by Crippen LogP contribution is 2.46. The summed E-state index contributed by atoms with van der Waals surface area (Å²) in [7, 11) is 2.16. The summed E-state index contributed by atoms with van der Waals surface area (Å²) in [6, 6.07) is 23.5. The van der Waals surface area contributed by atoms with Gasteiger partial charge in [0.15, 0.2) is 5.71 Å². The fourth-order valence-corrected chi connectivity index (χ4v) is 4.36. The van der Waals surface area contributed by atoms with E-state index in [1.54, 1.807) is 5.54 Å². The largest absolute Gasteiger partial charge is 0.210 e. The van der Waals surface area contributed by atoms with Crippen molar-refractivity contribution in [2.75, 3.05) is 7.05 Å². The van der Waals surface area contributed by atoms with Crippen molar-refractivity contribution in [2.45, 2.75) is 18.8 Å². The fourth-order valence-electron chi connectivity index (χ4n) is 4.27. The van der Waals surface area contributed by atoms with Gasteiger partial charge in [0.25, 0.3) is 0 Å². The molecule has 0 saturated heterocycles. The normalized spacial score (nSPS) is 19.5. The summed E-state index contributed by atoms with van der Waals surface area (Å²) in [5.74, 6) is 0. The molecular formula is C25H23ClN+. The molecule has 0 amide bonds. The number of benzene rings is 3. The van der Waals surface area contributed by atoms with E-state index in [1.165, 1.54) is 33.3 Å². The first-order valence-corrected chi connectivity index (χ1v) is 9.70. The predicted molar refractivity (Wildman–Crippen MR) is 117 cm³/mol. The van der Waals surface area contributed by atoms with Gasteiger partial charge in [0.2, 0.25) is 5.69 Å². The Bertz CT molecular complexity index is 1080. The van der Waals surface area contributed by atoms with E-state index in [0.29, 0.717) is 0 Å². The van der Waals surface area contributed by atoms with Crippen LogP contribution in [0.1, 0.15) is 24.5 Å². The molecule has 0 radical (unpaired) electrons. The summed E-state index contributed by atoms with van der Waals surface area (Å²) in [6.45, 7) is 2.32. The van der Waals surface area contributed by atoms with Crippen molar-refractivity contribution < 1.29 is 4.58 Å². The molecule has 0 aliphatic carbocycles. The molecule has 1 aliphatic heterocycles. The van der Waals surface area contributed by atoms with Gasteiger partial charge in [0, 0.05) is 23.2 Å². The zero-order valence-electron chi connectivity index (χ0n) is 15.7. The maximum absolute atomic E-state index is 5.92. The van der Waals surface area contributed by atoms with Crippen molar-refractivity contribution in [1.29, 1.82) is 0 Å². The van der Waals surface area contributed by atoms with E-state index in [4.69, 9.17) is 11.6 Å². The second kappa shape index (κ2) is 7.17. The van der Waals surface area contributed by atoms with E-state index in [2.05, 4.69) is 97.4 Å². The lowest BCUT2D eigenvalue weighted by Gasteiger charge is -2.22. The number of allylic oxidation sites excluding steroid dienone is 2. The number of halogens is 1. The first-order chi connectivity index (χ1) is 13.1. The number of hydrogen-bond donors (Lipinski definition) is 0. The number of fused-ring (bicyclic) bond motifs is 3. The third kappa shape index (κ3) is 3.02. The van der Waals surface area contributed by atoms with Gasteiger partial charge in [-0.05, 0) is 41.8 Å². The van der Waals surface area contributed by atoms with Crippen molar-refractivity contribution in [3.8, 4) is 0 Å². The van der Waals surface area contributed by atoms with E-state index in [-0.39, 0.29) is 5.41 Å². The van der Waals surface area contributed by atoms with Crippen LogP contribution in [0.4, 0.5) is 5.69 Å². The average molecular weight is 373 g/mol. The van der Waals surface area contributed by atoms with E-state index >= 15 is 0 Å². The highest BCUT2D eigenvalue weighted by molar-refractivity contribution is 6.25. The molecule has 0 saturated carbocycles. The Hall–Kier alpha value is -2.64. The molecule has 0 aromatic heterocycles. The van der Waals surface area contributed by atoms with Gasteiger partial charge in [-0.25, -0.2) is 0 Å². The van der Waals surface area contributed by atoms with E-state index in [0.717, 1.165) is 6.42 Å². The number of hydrogen-bond acceptors (Lipinski definition) is 0. The van der Waals surface area contributed by atoms with Gasteiger partial charge in [0.05, 0.1) is 5.41 Å². The third-order valence-corrected chi connectivity index (χ3v) is 5.77. The molecule has 1 nitrogen and oxygen atoms in total. The SMILES string of the molecule is C[N+]1=C(C=Cc2ccccc2)C(C)(CC=CCl)c2c1ccc1ccccc21. The minimum Gasteiger partial charge on any atom is -0.198 e. The highest BCUT2D eigenvalue weighted by atomic mass is 35.5. The number of nitrogens with zero attached hydrogens (tertiary/aromatic N) is 1. The molecule has 134 valence electrons. The Morgan fingerprint density at radius 3 is 2.44 bits per heavy atom. The van der Waals surface area contributed by atoms with Crippen LogP contribution in [0.3, 0.4) is 0 Å². The zero-order chi connectivity index (χ0) is 18.9. The van der Waals surface area contributed by atoms with Crippen LogP contribution in [0.15, 0.2) is 84.4 Å². The molecule has 27 heavy (non-hydrogen) atoms. The maximum atomic E-state index is 5.92. The maximum Gasteiger partial charge on any atom is 0.210 e. The summed E-state index contributed by atoms with van der Waals surface area (Å²) in [4.78, 5) is 0. The van der Waals surface area contributed by atoms with Gasteiger partial charge in [-0.15, -0.1) is 0 Å². The molecule has 1 unspecified atom stereocenters. The van der Waals surface area contributed by atoms with Crippen LogP contribution >= 0.6 is 11.6 Å². The zero-order valence-corrected chi connectivity index (χ0v) is 16.4. The van der Waals surface area contributed by atoms with Gasteiger partial charge in [-0.3, -0.25) is 0 Å². The molecule has 0 N–H and O–H groups in total. The summed E-state index contributed by atoms with van der Waals surface area (Å²) >= 11 is 5.92. The summed E-state index contributed by atoms with van der Waals surface area (Å²) in [5.41, 5.74) is 6.63. The minimum absolute atomic E-state index is 0.137. The van der Waals surface area contributed by atoms with Crippen LogP contribution in [-0.4, -0.2) is 17.3 Å². The Labute approximate surface area is 165 Å². The monoisotopic (exact) mass is 372 g/mol. The summed E-state index contributed by atoms with van der Waals surface area (Å²) in [5, 5.41) is 2.59. The lowest BCUT2D eigenvalue weighted by atomic mass is 9.74. The van der Waals surface area contributed by atoms with E-state index < -0.39 is 0 Å². The molecule has 1 atom stereocenters. The fraction of sp³-hybridized carbons (Fsp3) is 0.160. The predicted octanol–water partition coefficient (Wildman–Crippen LogP) is 6.68. The standard InChI is InChI=1S/C25H23ClN/c1-25(17-8-18-26)23(16-13-19-9-4-3-5-10-19)27(2)22-15-14-20-11-6-7-12-21(20)24(22)25/h3-16,18H,17H2,1-2H3/q+1. The van der Waals surface area contributed by atoms with Crippen molar-refractivity contribution in [3.63, 3.8) is 0 Å². The highest BCUT2D eigenvalue weighted by Gasteiger charge is 2.46. The molecule has 1 heterocycles. The van der Waals surface area contributed by atoms with Crippen LogP contribution in [0.5, 0.6) is 0 Å². The molecule has 0 fully saturated rings. The van der Waals surface area contributed by atoms with Gasteiger partial charge in [-0.1, -0.05) is 72.3 Å². The van der Waals surface area contributed by atoms with Gasteiger partial charge < -0.3 is 0 Å². The molecule has 0 spiro atoms. The van der Waals surface area contributed by atoms with Crippen molar-refractivity contribution in [1.82, 2.24) is 0 Å². The second-order valence-corrected chi connectivity index (χ2v) is 7.52. The summed E-state index contributed by atoms with van der Waals surface area (Å²) < 4.78 is 2.32. The third-order valence-electron chi connectivity index (χ3n) is 5.60. The van der Waals surface area contributed by atoms with Crippen molar-refractivity contribution >= 4 is 39.8 Å². The molecule has 3 aromatic rings. The first-order valence-electron chi connectivity index (χ1n) is 9.27. The van der Waals surface area contributed by atoms with Gasteiger partial charge in [0.1, 0.15) is 7.05 Å². The van der Waals surface area contributed by atoms with Crippen LogP contribution in [-0.2, 0) is 5.41 Å². The quantitative estimate of drug-likeness (QED) is 0.449. The van der Waals surface area contributed by atoms with Crippen LogP contribution in [0.25, 0.3) is 16.8 Å².